The minimum absolute atomic E-state index is 0.147. The number of halogens is 4. The lowest BCUT2D eigenvalue weighted by molar-refractivity contribution is -0.111. The van der Waals surface area contributed by atoms with Gasteiger partial charge in [-0.15, -0.1) is 0 Å². The maximum Gasteiger partial charge on any atom is 0.343 e. The first-order valence-corrected chi connectivity index (χ1v) is 10.5. The summed E-state index contributed by atoms with van der Waals surface area (Å²) in [6.45, 7) is 0. The minimum atomic E-state index is -0.754. The van der Waals surface area contributed by atoms with E-state index in [0.717, 1.165) is 0 Å². The summed E-state index contributed by atoms with van der Waals surface area (Å²) in [6, 6.07) is 16.8. The Bertz CT molecular complexity index is 1190. The number of hydrogen-bond donors (Lipinski definition) is 1. The summed E-state index contributed by atoms with van der Waals surface area (Å²) in [5.74, 6) is -2.43. The highest BCUT2D eigenvalue weighted by molar-refractivity contribution is 6.53. The maximum atomic E-state index is 12.6. The first-order valence-electron chi connectivity index (χ1n) is 8.97. The summed E-state index contributed by atoms with van der Waals surface area (Å²) >= 11 is 24.8. The zero-order valence-corrected chi connectivity index (χ0v) is 19.4. The topological polar surface area (TPSA) is 77.0 Å². The van der Waals surface area contributed by atoms with E-state index in [4.69, 9.17) is 55.9 Å². The Morgan fingerprint density at radius 2 is 1.25 bits per heavy atom. The van der Waals surface area contributed by atoms with Crippen LogP contribution in [0.2, 0.25) is 20.1 Å². The molecule has 0 aliphatic heterocycles. The zero-order chi connectivity index (χ0) is 23.3. The van der Waals surface area contributed by atoms with Crippen LogP contribution in [0.5, 0.6) is 11.5 Å². The van der Waals surface area contributed by atoms with Gasteiger partial charge in [0.05, 0.1) is 15.6 Å². The number of rotatable bonds is 4. The maximum absolute atomic E-state index is 12.6. The van der Waals surface area contributed by atoms with Crippen LogP contribution < -0.4 is 14.8 Å². The van der Waals surface area contributed by atoms with E-state index in [2.05, 4.69) is 10.3 Å². The van der Waals surface area contributed by atoms with Gasteiger partial charge in [-0.05, 0) is 24.3 Å². The Morgan fingerprint density at radius 1 is 0.750 bits per heavy atom. The second kappa shape index (κ2) is 10.7. The Kier molecular flexibility index (Phi) is 7.99. The molecule has 164 valence electrons. The van der Waals surface area contributed by atoms with Gasteiger partial charge in [0, 0.05) is 12.7 Å². The lowest BCUT2D eigenvalue weighted by Gasteiger charge is -2.17. The van der Waals surface area contributed by atoms with Crippen LogP contribution >= 0.6 is 46.4 Å². The van der Waals surface area contributed by atoms with E-state index >= 15 is 0 Å². The fourth-order valence-corrected chi connectivity index (χ4v) is 3.39. The van der Waals surface area contributed by atoms with Crippen molar-refractivity contribution in [3.8, 4) is 11.5 Å². The molecule has 1 amide bonds. The number of nitrogens with one attached hydrogen (secondary N) is 1. The van der Waals surface area contributed by atoms with Crippen molar-refractivity contribution in [2.45, 2.75) is 0 Å². The van der Waals surface area contributed by atoms with E-state index in [-0.39, 0.29) is 43.1 Å². The summed E-state index contributed by atoms with van der Waals surface area (Å²) in [7, 11) is 1.34. The van der Waals surface area contributed by atoms with Crippen molar-refractivity contribution in [2.24, 2.45) is 4.99 Å². The third-order valence-electron chi connectivity index (χ3n) is 4.02. The molecule has 0 aliphatic rings. The van der Waals surface area contributed by atoms with E-state index in [0.29, 0.717) is 5.69 Å². The molecule has 0 atom stereocenters. The number of amides is 1. The van der Waals surface area contributed by atoms with Crippen molar-refractivity contribution in [3.05, 3.63) is 86.3 Å². The molecule has 6 nitrogen and oxygen atoms in total. The number of esters is 1. The number of benzene rings is 3. The van der Waals surface area contributed by atoms with Crippen molar-refractivity contribution in [1.29, 1.82) is 0 Å². The van der Waals surface area contributed by atoms with E-state index in [9.17, 15) is 9.59 Å². The summed E-state index contributed by atoms with van der Waals surface area (Å²) in [6.07, 6.45) is 0. The lowest BCUT2D eigenvalue weighted by atomic mass is 10.2. The predicted molar refractivity (Wildman–Crippen MR) is 127 cm³/mol. The fourth-order valence-electron chi connectivity index (χ4n) is 2.50. The Balaban J connectivity index is 1.97. The van der Waals surface area contributed by atoms with Gasteiger partial charge in [0.25, 0.3) is 5.90 Å². The van der Waals surface area contributed by atoms with E-state index < -0.39 is 11.9 Å². The molecule has 0 heterocycles. The molecule has 0 unspecified atom stereocenters. The average molecular weight is 512 g/mol. The van der Waals surface area contributed by atoms with Crippen molar-refractivity contribution in [1.82, 2.24) is 0 Å². The number of ether oxygens (including phenoxy) is 2. The summed E-state index contributed by atoms with van der Waals surface area (Å²) in [5.41, 5.74) is 0.749. The van der Waals surface area contributed by atoms with Crippen LogP contribution in [0.25, 0.3) is 0 Å². The normalized spacial score (nSPS) is 11.1. The SMILES string of the molecule is CN=C(Oc1c(Cl)c(Cl)c(Cl)c(Cl)c1OC(=O)c1ccccc1)C(=O)Nc1ccccc1. The number of hydrogen-bond acceptors (Lipinski definition) is 5. The molecular formula is C22H14Cl4N2O4. The van der Waals surface area contributed by atoms with Gasteiger partial charge in [-0.3, -0.25) is 4.79 Å². The number of carbonyl (C=O) groups is 2. The molecular weight excluding hydrogens is 498 g/mol. The molecule has 0 saturated heterocycles. The minimum Gasteiger partial charge on any atom is -0.429 e. The monoisotopic (exact) mass is 510 g/mol. The number of carbonyl (C=O) groups excluding carboxylic acids is 2. The highest BCUT2D eigenvalue weighted by Gasteiger charge is 2.28. The number of anilines is 1. The van der Waals surface area contributed by atoms with Crippen molar-refractivity contribution in [2.75, 3.05) is 12.4 Å². The second-order valence-electron chi connectivity index (χ2n) is 6.12. The van der Waals surface area contributed by atoms with Crippen molar-refractivity contribution in [3.63, 3.8) is 0 Å². The molecule has 0 saturated carbocycles. The Labute approximate surface area is 203 Å². The van der Waals surface area contributed by atoms with Crippen molar-refractivity contribution >= 4 is 69.9 Å². The van der Waals surface area contributed by atoms with Gasteiger partial charge in [-0.1, -0.05) is 82.8 Å². The van der Waals surface area contributed by atoms with Crippen LogP contribution in [0.4, 0.5) is 5.69 Å². The van der Waals surface area contributed by atoms with Gasteiger partial charge in [0.2, 0.25) is 0 Å². The van der Waals surface area contributed by atoms with Crippen molar-refractivity contribution < 1.29 is 19.1 Å². The van der Waals surface area contributed by atoms with E-state index in [1.54, 1.807) is 60.7 Å². The standard InChI is InChI=1S/C22H14Cl4N2O4/c1-27-21(20(29)28-13-10-6-3-7-11-13)31-18-16(25)14(23)15(24)17(26)19(18)32-22(30)12-8-4-2-5-9-12/h2-11H,1H3,(H,28,29). The zero-order valence-electron chi connectivity index (χ0n) is 16.4. The highest BCUT2D eigenvalue weighted by atomic mass is 35.5. The first-order chi connectivity index (χ1) is 15.3. The van der Waals surface area contributed by atoms with Crippen LogP contribution in [0.3, 0.4) is 0 Å². The lowest BCUT2D eigenvalue weighted by Crippen LogP contribution is -2.28. The third-order valence-corrected chi connectivity index (χ3v) is 5.78. The second-order valence-corrected chi connectivity index (χ2v) is 7.63. The summed E-state index contributed by atoms with van der Waals surface area (Å²) in [5, 5.41) is 1.89. The van der Waals surface area contributed by atoms with Gasteiger partial charge in [-0.2, -0.15) is 0 Å². The van der Waals surface area contributed by atoms with Crippen LogP contribution in [0, 0.1) is 0 Å². The number of nitrogens with zero attached hydrogens (tertiary/aromatic N) is 1. The van der Waals surface area contributed by atoms with Gasteiger partial charge in [-0.25, -0.2) is 9.79 Å². The quantitative estimate of drug-likeness (QED) is 0.107. The summed E-state index contributed by atoms with van der Waals surface area (Å²) < 4.78 is 11.0. The van der Waals surface area contributed by atoms with E-state index in [1.165, 1.54) is 7.05 Å². The van der Waals surface area contributed by atoms with Gasteiger partial charge >= 0.3 is 11.9 Å². The summed E-state index contributed by atoms with van der Waals surface area (Å²) in [4.78, 5) is 29.1. The molecule has 0 aromatic heterocycles. The van der Waals surface area contributed by atoms with Gasteiger partial charge in [0.15, 0.2) is 11.5 Å². The Hall–Kier alpha value is -2.77. The van der Waals surface area contributed by atoms with Crippen LogP contribution in [-0.2, 0) is 4.79 Å². The van der Waals surface area contributed by atoms with Crippen LogP contribution in [-0.4, -0.2) is 24.8 Å². The van der Waals surface area contributed by atoms with Crippen LogP contribution in [0.1, 0.15) is 10.4 Å². The Morgan fingerprint density at radius 3 is 1.78 bits per heavy atom. The molecule has 10 heteroatoms. The molecule has 3 aromatic rings. The highest BCUT2D eigenvalue weighted by Crippen LogP contribution is 2.50. The molecule has 0 spiro atoms. The molecule has 1 N–H and O–H groups in total. The van der Waals surface area contributed by atoms with Gasteiger partial charge in [0.1, 0.15) is 10.0 Å². The average Bonchev–Trinajstić information content (AvgIpc) is 2.82. The van der Waals surface area contributed by atoms with Crippen LogP contribution in [0.15, 0.2) is 65.7 Å². The number of para-hydroxylation sites is 1. The molecule has 3 rings (SSSR count). The third kappa shape index (κ3) is 5.34. The predicted octanol–water partition coefficient (Wildman–Crippen LogP) is 6.57. The fraction of sp³-hybridized carbons (Fsp3) is 0.0455. The smallest absolute Gasteiger partial charge is 0.343 e. The largest absolute Gasteiger partial charge is 0.429 e. The molecule has 0 bridgehead atoms. The van der Waals surface area contributed by atoms with Gasteiger partial charge < -0.3 is 14.8 Å². The molecule has 3 aromatic carbocycles. The molecule has 0 radical (unpaired) electrons. The first kappa shape index (κ1) is 23.9. The molecule has 0 fully saturated rings. The van der Waals surface area contributed by atoms with E-state index in [1.807, 2.05) is 0 Å². The molecule has 0 aliphatic carbocycles. The molecule has 32 heavy (non-hydrogen) atoms. The number of aliphatic imine (C=N–C) groups is 1.